The molecule has 2 aliphatic rings. The van der Waals surface area contributed by atoms with E-state index in [1.807, 2.05) is 24.3 Å². The number of hydrogen-bond donors (Lipinski definition) is 2. The Bertz CT molecular complexity index is 479. The number of carbonyl (C=O) groups excluding carboxylic acids is 1. The third-order valence-corrected chi connectivity index (χ3v) is 4.25. The van der Waals surface area contributed by atoms with Gasteiger partial charge in [0.25, 0.3) is 5.91 Å². The van der Waals surface area contributed by atoms with Crippen LogP contribution in [0.3, 0.4) is 0 Å². The van der Waals surface area contributed by atoms with Gasteiger partial charge in [-0.2, -0.15) is 0 Å². The molecule has 0 aromatic heterocycles. The number of benzene rings is 1. The Morgan fingerprint density at radius 3 is 2.86 bits per heavy atom. The Balaban J connectivity index is 1.54. The van der Waals surface area contributed by atoms with Crippen molar-refractivity contribution in [2.45, 2.75) is 25.7 Å². The fourth-order valence-electron chi connectivity index (χ4n) is 2.70. The molecule has 0 spiro atoms. The zero-order valence-corrected chi connectivity index (χ0v) is 12.4. The monoisotopic (exact) mass is 288 g/mol. The first kappa shape index (κ1) is 14.4. The summed E-state index contributed by atoms with van der Waals surface area (Å²) in [7, 11) is 0. The normalized spacial score (nSPS) is 21.8. The second-order valence-electron chi connectivity index (χ2n) is 6.17. The van der Waals surface area contributed by atoms with Crippen molar-refractivity contribution in [2.24, 2.45) is 11.8 Å². The van der Waals surface area contributed by atoms with Crippen LogP contribution in [0, 0.1) is 11.8 Å². The van der Waals surface area contributed by atoms with Crippen molar-refractivity contribution >= 4 is 5.91 Å². The van der Waals surface area contributed by atoms with Crippen molar-refractivity contribution in [1.82, 2.24) is 10.6 Å². The molecule has 114 valence electrons. The first-order valence-electron chi connectivity index (χ1n) is 8.03. The molecule has 3 rings (SSSR count). The van der Waals surface area contributed by atoms with E-state index in [0.29, 0.717) is 23.1 Å². The van der Waals surface area contributed by atoms with E-state index in [0.717, 1.165) is 26.2 Å². The number of hydrogen-bond acceptors (Lipinski definition) is 3. The van der Waals surface area contributed by atoms with Gasteiger partial charge in [0.2, 0.25) is 0 Å². The average molecular weight is 288 g/mol. The highest BCUT2D eigenvalue weighted by Gasteiger charge is 2.23. The van der Waals surface area contributed by atoms with Crippen molar-refractivity contribution in [2.75, 3.05) is 26.2 Å². The second-order valence-corrected chi connectivity index (χ2v) is 6.17. The van der Waals surface area contributed by atoms with Crippen LogP contribution in [0.15, 0.2) is 24.3 Å². The third-order valence-electron chi connectivity index (χ3n) is 4.25. The van der Waals surface area contributed by atoms with Crippen molar-refractivity contribution < 1.29 is 9.53 Å². The number of rotatable bonds is 6. The Morgan fingerprint density at radius 2 is 2.10 bits per heavy atom. The lowest BCUT2D eigenvalue weighted by molar-refractivity contribution is 0.0940. The van der Waals surface area contributed by atoms with E-state index in [1.54, 1.807) is 0 Å². The van der Waals surface area contributed by atoms with Crippen LogP contribution < -0.4 is 15.4 Å². The van der Waals surface area contributed by atoms with Gasteiger partial charge in [-0.05, 0) is 62.7 Å². The molecule has 0 bridgehead atoms. The molecular formula is C17H24N2O2. The fourth-order valence-corrected chi connectivity index (χ4v) is 2.70. The van der Waals surface area contributed by atoms with Crippen LogP contribution >= 0.6 is 0 Å². The molecule has 1 heterocycles. The molecule has 1 saturated carbocycles. The Kier molecular flexibility index (Phi) is 4.76. The zero-order chi connectivity index (χ0) is 14.5. The zero-order valence-electron chi connectivity index (χ0n) is 12.4. The van der Waals surface area contributed by atoms with Gasteiger partial charge in [-0.25, -0.2) is 0 Å². The number of piperidine rings is 1. The topological polar surface area (TPSA) is 50.4 Å². The lowest BCUT2D eigenvalue weighted by atomic mass is 9.99. The number of amides is 1. The molecule has 0 radical (unpaired) electrons. The van der Waals surface area contributed by atoms with Crippen molar-refractivity contribution in [3.8, 4) is 5.75 Å². The SMILES string of the molecule is O=C(NCC1CCCNC1)c1ccccc1OCC1CC1. The van der Waals surface area contributed by atoms with E-state index in [4.69, 9.17) is 4.74 Å². The number of para-hydroxylation sites is 1. The molecule has 4 heteroatoms. The van der Waals surface area contributed by atoms with Gasteiger partial charge in [-0.15, -0.1) is 0 Å². The maximum atomic E-state index is 12.4. The van der Waals surface area contributed by atoms with Gasteiger partial charge in [-0.3, -0.25) is 4.79 Å². The van der Waals surface area contributed by atoms with Gasteiger partial charge in [0.1, 0.15) is 5.75 Å². The quantitative estimate of drug-likeness (QED) is 0.844. The van der Waals surface area contributed by atoms with Gasteiger partial charge in [-0.1, -0.05) is 12.1 Å². The molecule has 21 heavy (non-hydrogen) atoms. The molecule has 2 N–H and O–H groups in total. The predicted octanol–water partition coefficient (Wildman–Crippen LogP) is 2.20. The highest BCUT2D eigenvalue weighted by Crippen LogP contribution is 2.30. The van der Waals surface area contributed by atoms with Crippen LogP contribution in [0.2, 0.25) is 0 Å². The summed E-state index contributed by atoms with van der Waals surface area (Å²) in [6, 6.07) is 7.54. The number of carbonyl (C=O) groups is 1. The van der Waals surface area contributed by atoms with Crippen LogP contribution in [-0.2, 0) is 0 Å². The van der Waals surface area contributed by atoms with Gasteiger partial charge in [0.05, 0.1) is 12.2 Å². The minimum Gasteiger partial charge on any atom is -0.492 e. The smallest absolute Gasteiger partial charge is 0.255 e. The summed E-state index contributed by atoms with van der Waals surface area (Å²) < 4.78 is 5.80. The summed E-state index contributed by atoms with van der Waals surface area (Å²) in [5.41, 5.74) is 0.655. The van der Waals surface area contributed by atoms with E-state index in [1.165, 1.54) is 25.7 Å². The van der Waals surface area contributed by atoms with E-state index >= 15 is 0 Å². The maximum Gasteiger partial charge on any atom is 0.255 e. The first-order valence-corrected chi connectivity index (χ1v) is 8.03. The van der Waals surface area contributed by atoms with Crippen LogP contribution in [0.1, 0.15) is 36.0 Å². The molecule has 1 saturated heterocycles. The highest BCUT2D eigenvalue weighted by molar-refractivity contribution is 5.96. The summed E-state index contributed by atoms with van der Waals surface area (Å²) in [6.45, 7) is 3.57. The average Bonchev–Trinajstić information content (AvgIpc) is 3.36. The van der Waals surface area contributed by atoms with Crippen molar-refractivity contribution in [1.29, 1.82) is 0 Å². The van der Waals surface area contributed by atoms with E-state index in [-0.39, 0.29) is 5.91 Å². The summed E-state index contributed by atoms with van der Waals surface area (Å²) >= 11 is 0. The van der Waals surface area contributed by atoms with E-state index < -0.39 is 0 Å². The summed E-state index contributed by atoms with van der Waals surface area (Å²) in [6.07, 6.45) is 4.89. The molecule has 4 nitrogen and oxygen atoms in total. The molecule has 1 aromatic rings. The molecule has 1 aliphatic heterocycles. The summed E-state index contributed by atoms with van der Waals surface area (Å²) in [5.74, 6) is 1.92. The Labute approximate surface area is 126 Å². The van der Waals surface area contributed by atoms with Crippen LogP contribution in [0.5, 0.6) is 5.75 Å². The Morgan fingerprint density at radius 1 is 1.24 bits per heavy atom. The van der Waals surface area contributed by atoms with Crippen molar-refractivity contribution in [3.05, 3.63) is 29.8 Å². The standard InChI is InChI=1S/C17H24N2O2/c20-17(19-11-14-4-3-9-18-10-14)15-5-1-2-6-16(15)21-12-13-7-8-13/h1-2,5-6,13-14,18H,3-4,7-12H2,(H,19,20). The van der Waals surface area contributed by atoms with Crippen LogP contribution in [0.4, 0.5) is 0 Å². The highest BCUT2D eigenvalue weighted by atomic mass is 16.5. The number of ether oxygens (including phenoxy) is 1. The lowest BCUT2D eigenvalue weighted by Gasteiger charge is -2.23. The molecule has 1 atom stereocenters. The predicted molar refractivity (Wildman–Crippen MR) is 82.6 cm³/mol. The molecule has 1 aliphatic carbocycles. The van der Waals surface area contributed by atoms with Crippen LogP contribution in [-0.4, -0.2) is 32.1 Å². The first-order chi connectivity index (χ1) is 10.3. The maximum absolute atomic E-state index is 12.4. The Hall–Kier alpha value is -1.55. The molecule has 1 amide bonds. The number of nitrogens with one attached hydrogen (secondary N) is 2. The molecule has 1 unspecified atom stereocenters. The second kappa shape index (κ2) is 6.94. The minimum atomic E-state index is -0.0213. The van der Waals surface area contributed by atoms with E-state index in [9.17, 15) is 4.79 Å². The summed E-state index contributed by atoms with van der Waals surface area (Å²) in [5, 5.41) is 6.43. The lowest BCUT2D eigenvalue weighted by Crippen LogP contribution is -2.38. The minimum absolute atomic E-state index is 0.0213. The van der Waals surface area contributed by atoms with Crippen LogP contribution in [0.25, 0.3) is 0 Å². The molecule has 2 fully saturated rings. The van der Waals surface area contributed by atoms with E-state index in [2.05, 4.69) is 10.6 Å². The fraction of sp³-hybridized carbons (Fsp3) is 0.588. The summed E-state index contributed by atoms with van der Waals surface area (Å²) in [4.78, 5) is 12.4. The van der Waals surface area contributed by atoms with Crippen molar-refractivity contribution in [3.63, 3.8) is 0 Å². The third kappa shape index (κ3) is 4.21. The molecular weight excluding hydrogens is 264 g/mol. The van der Waals surface area contributed by atoms with Gasteiger partial charge < -0.3 is 15.4 Å². The van der Waals surface area contributed by atoms with Gasteiger partial charge in [0, 0.05) is 6.54 Å². The largest absolute Gasteiger partial charge is 0.492 e. The molecule has 1 aromatic carbocycles. The van der Waals surface area contributed by atoms with Gasteiger partial charge in [0.15, 0.2) is 0 Å². The van der Waals surface area contributed by atoms with Gasteiger partial charge >= 0.3 is 0 Å².